The number of alkyl carbamates (subject to hydrolysis) is 1. The number of hydrogen-bond acceptors (Lipinski definition) is 9. The number of nitrogens with one attached hydrogen (secondary N) is 5. The van der Waals surface area contributed by atoms with Gasteiger partial charge in [-0.05, 0) is 104 Å². The lowest BCUT2D eigenvalue weighted by atomic mass is 10.0. The summed E-state index contributed by atoms with van der Waals surface area (Å²) in [5.41, 5.74) is 14.2. The standard InChI is InChI=1S/C61H60N8O6/c1-61(2,3)75-60(73)64-36-39-69(38-33-54(71)74-4)37-32-53(70)62-34-35-63-59(72)44-22-20-43(21-23-44)58-51-30-28-49(67-51)56(41-16-10-6-11-17-41)47-26-24-45(65-47)55(40-14-8-5-9-15-40)46-25-27-48(66-46)57(42-18-12-7-13-19-42)50-29-31-52(58)68-50/h5-31,65,68H,32-39H2,1-4H3,(H,62,70)(H,63,72)(H,64,73). The average Bonchev–Trinajstić information content (AvgIpc) is 4.28. The molecule has 9 rings (SSSR count). The second-order valence-corrected chi connectivity index (χ2v) is 19.1. The lowest BCUT2D eigenvalue weighted by Gasteiger charge is -2.23. The number of amides is 3. The van der Waals surface area contributed by atoms with E-state index in [1.807, 2.05) is 77.7 Å². The van der Waals surface area contributed by atoms with Crippen molar-refractivity contribution in [2.75, 3.05) is 46.4 Å². The van der Waals surface area contributed by atoms with Gasteiger partial charge >= 0.3 is 12.1 Å². The van der Waals surface area contributed by atoms with E-state index < -0.39 is 11.7 Å². The second-order valence-electron chi connectivity index (χ2n) is 19.1. The van der Waals surface area contributed by atoms with Crippen molar-refractivity contribution in [2.24, 2.45) is 0 Å². The number of H-pyrrole nitrogens is 2. The Morgan fingerprint density at radius 3 is 1.33 bits per heavy atom. The van der Waals surface area contributed by atoms with Gasteiger partial charge in [-0.2, -0.15) is 0 Å². The Morgan fingerprint density at radius 1 is 0.493 bits per heavy atom. The minimum absolute atomic E-state index is 0.136. The average molecular weight is 1000 g/mol. The van der Waals surface area contributed by atoms with Crippen LogP contribution in [0.1, 0.15) is 66.7 Å². The summed E-state index contributed by atoms with van der Waals surface area (Å²) in [5, 5.41) is 8.51. The summed E-state index contributed by atoms with van der Waals surface area (Å²) < 4.78 is 10.1. The number of carbonyl (C=O) groups excluding carboxylic acids is 4. The van der Waals surface area contributed by atoms with E-state index in [1.165, 1.54) is 7.11 Å². The summed E-state index contributed by atoms with van der Waals surface area (Å²) in [6.45, 7) is 7.12. The maximum Gasteiger partial charge on any atom is 0.407 e. The highest BCUT2D eigenvalue weighted by Gasteiger charge is 2.21. The van der Waals surface area contributed by atoms with Gasteiger partial charge in [0.15, 0.2) is 0 Å². The first kappa shape index (κ1) is 51.0. The van der Waals surface area contributed by atoms with Crippen LogP contribution < -0.4 is 16.0 Å². The van der Waals surface area contributed by atoms with Crippen LogP contribution in [0.25, 0.3) is 90.9 Å². The van der Waals surface area contributed by atoms with Crippen molar-refractivity contribution in [3.05, 3.63) is 168 Å². The molecule has 3 amide bonds. The molecule has 3 aromatic heterocycles. The quantitative estimate of drug-likeness (QED) is 0.0438. The van der Waals surface area contributed by atoms with Crippen molar-refractivity contribution >= 4 is 70.2 Å². The lowest BCUT2D eigenvalue weighted by Crippen LogP contribution is -2.40. The molecule has 2 aliphatic heterocycles. The Bertz CT molecular complexity index is 3390. The first-order valence-electron chi connectivity index (χ1n) is 25.1. The highest BCUT2D eigenvalue weighted by atomic mass is 16.6. The molecule has 14 heteroatoms. The lowest BCUT2D eigenvalue weighted by molar-refractivity contribution is -0.141. The van der Waals surface area contributed by atoms with Crippen LogP contribution in [0, 0.1) is 0 Å². The van der Waals surface area contributed by atoms with E-state index >= 15 is 0 Å². The summed E-state index contributed by atoms with van der Waals surface area (Å²) in [5.74, 6) is -0.875. The van der Waals surface area contributed by atoms with Gasteiger partial charge in [0, 0.05) is 95.6 Å². The van der Waals surface area contributed by atoms with E-state index in [1.54, 1.807) is 32.9 Å². The maximum atomic E-state index is 13.5. The molecule has 7 aromatic rings. The Labute approximate surface area is 436 Å². The number of rotatable bonds is 17. The van der Waals surface area contributed by atoms with Crippen molar-refractivity contribution in [2.45, 2.75) is 39.2 Å². The fraction of sp³-hybridized carbons (Fsp3) is 0.213. The van der Waals surface area contributed by atoms with Crippen molar-refractivity contribution < 1.29 is 28.7 Å². The second kappa shape index (κ2) is 23.3. The zero-order chi connectivity index (χ0) is 52.3. The van der Waals surface area contributed by atoms with Crippen molar-refractivity contribution in [1.82, 2.24) is 40.8 Å². The molecule has 2 aliphatic rings. The van der Waals surface area contributed by atoms with E-state index in [0.29, 0.717) is 25.2 Å². The van der Waals surface area contributed by atoms with Crippen LogP contribution in [0.5, 0.6) is 0 Å². The molecule has 0 spiro atoms. The van der Waals surface area contributed by atoms with E-state index in [0.717, 1.165) is 89.4 Å². The van der Waals surface area contributed by atoms with Crippen molar-refractivity contribution in [1.29, 1.82) is 0 Å². The molecule has 0 radical (unpaired) electrons. The van der Waals surface area contributed by atoms with E-state index in [9.17, 15) is 19.2 Å². The summed E-state index contributed by atoms with van der Waals surface area (Å²) in [7, 11) is 1.32. The van der Waals surface area contributed by atoms with Gasteiger partial charge in [0.05, 0.1) is 36.3 Å². The van der Waals surface area contributed by atoms with Crippen LogP contribution in [0.15, 0.2) is 140 Å². The molecule has 0 fully saturated rings. The van der Waals surface area contributed by atoms with Crippen LogP contribution in [0.4, 0.5) is 4.79 Å². The summed E-state index contributed by atoms with van der Waals surface area (Å²) in [6, 6.07) is 46.7. The summed E-state index contributed by atoms with van der Waals surface area (Å²) in [4.78, 5) is 70.7. The molecule has 0 unspecified atom stereocenters. The Kier molecular flexibility index (Phi) is 15.9. The predicted molar refractivity (Wildman–Crippen MR) is 298 cm³/mol. The molecule has 8 bridgehead atoms. The van der Waals surface area contributed by atoms with E-state index in [-0.39, 0.29) is 50.3 Å². The van der Waals surface area contributed by atoms with E-state index in [4.69, 9.17) is 19.4 Å². The van der Waals surface area contributed by atoms with Crippen LogP contribution in [0.3, 0.4) is 0 Å². The monoisotopic (exact) mass is 1000 g/mol. The molecular weight excluding hydrogens is 941 g/mol. The number of carbonyl (C=O) groups is 4. The van der Waals surface area contributed by atoms with Gasteiger partial charge in [-0.15, -0.1) is 0 Å². The number of aromatic nitrogens is 4. The predicted octanol–water partition coefficient (Wildman–Crippen LogP) is 10.9. The molecule has 0 aliphatic carbocycles. The molecular formula is C61H60N8O6. The molecule has 5 N–H and O–H groups in total. The summed E-state index contributed by atoms with van der Waals surface area (Å²) >= 11 is 0. The minimum atomic E-state index is -0.635. The molecule has 5 heterocycles. The zero-order valence-corrected chi connectivity index (χ0v) is 42.5. The molecule has 0 saturated heterocycles. The molecule has 0 atom stereocenters. The molecule has 4 aromatic carbocycles. The number of fused-ring (bicyclic) bond motifs is 8. The van der Waals surface area contributed by atoms with Crippen LogP contribution >= 0.6 is 0 Å². The van der Waals surface area contributed by atoms with Gasteiger partial charge in [0.1, 0.15) is 5.60 Å². The van der Waals surface area contributed by atoms with Crippen LogP contribution in [-0.4, -0.2) is 101 Å². The number of hydrogen-bond donors (Lipinski definition) is 5. The topological polar surface area (TPSA) is 183 Å². The zero-order valence-electron chi connectivity index (χ0n) is 42.5. The van der Waals surface area contributed by atoms with Gasteiger partial charge < -0.3 is 40.3 Å². The van der Waals surface area contributed by atoms with E-state index in [2.05, 4.69) is 105 Å². The molecule has 0 saturated carbocycles. The normalized spacial score (nSPS) is 11.9. The Balaban J connectivity index is 0.993. The summed E-state index contributed by atoms with van der Waals surface area (Å²) in [6.07, 6.45) is 8.02. The van der Waals surface area contributed by atoms with Crippen LogP contribution in [-0.2, 0) is 19.1 Å². The number of aromatic amines is 2. The highest BCUT2D eigenvalue weighted by Crippen LogP contribution is 2.38. The Hall–Kier alpha value is -8.88. The maximum absolute atomic E-state index is 13.5. The molecule has 75 heavy (non-hydrogen) atoms. The minimum Gasteiger partial charge on any atom is -0.469 e. The third kappa shape index (κ3) is 12.7. The SMILES string of the molecule is COC(=O)CCN(CCNC(=O)OC(C)(C)C)CCC(=O)NCCNC(=O)c1ccc(-c2c3nc(c(-c4ccccc4)c4ccc([nH]4)c(-c4ccccc4)c4nc(c(-c5ccccc5)c5ccc2[nH]5)C=C4)C=C3)cc1. The van der Waals surface area contributed by atoms with Gasteiger partial charge in [-0.3, -0.25) is 14.4 Å². The largest absolute Gasteiger partial charge is 0.469 e. The number of nitrogens with zero attached hydrogens (tertiary/aromatic N) is 3. The first-order valence-corrected chi connectivity index (χ1v) is 25.1. The van der Waals surface area contributed by atoms with Crippen molar-refractivity contribution in [3.63, 3.8) is 0 Å². The number of methoxy groups -OCH3 is 1. The van der Waals surface area contributed by atoms with Crippen molar-refractivity contribution in [3.8, 4) is 44.5 Å². The third-order valence-electron chi connectivity index (χ3n) is 12.7. The smallest absolute Gasteiger partial charge is 0.407 e. The van der Waals surface area contributed by atoms with Crippen LogP contribution in [0.2, 0.25) is 0 Å². The fourth-order valence-corrected chi connectivity index (χ4v) is 9.17. The highest BCUT2D eigenvalue weighted by molar-refractivity contribution is 6.00. The fourth-order valence-electron chi connectivity index (χ4n) is 9.17. The van der Waals surface area contributed by atoms with Gasteiger partial charge in [0.25, 0.3) is 5.91 Å². The number of ether oxygens (including phenoxy) is 2. The number of benzene rings is 4. The Morgan fingerprint density at radius 2 is 0.907 bits per heavy atom. The third-order valence-corrected chi connectivity index (χ3v) is 12.7. The first-order chi connectivity index (χ1) is 36.4. The number of esters is 1. The molecule has 14 nitrogen and oxygen atoms in total. The molecule has 380 valence electrons. The van der Waals surface area contributed by atoms with Gasteiger partial charge in [-0.25, -0.2) is 14.8 Å². The van der Waals surface area contributed by atoms with Gasteiger partial charge in [0.2, 0.25) is 5.91 Å². The van der Waals surface area contributed by atoms with Gasteiger partial charge in [-0.1, -0.05) is 103 Å².